The largest absolute Gasteiger partial charge is 0.367 e. The molecule has 0 saturated carbocycles. The Labute approximate surface area is 157 Å². The standard InChI is InChI=1S/C21H21N3OS/c25-21(9-6-17-3-1-2-12-22-17)23-18-4-7-19(8-5-18)24-13-10-20-16(15-24)11-14-26-20/h1-5,7-8,11-12,14H,6,9-10,13,15H2,(H,23,25). The first-order valence-corrected chi connectivity index (χ1v) is 9.76. The topological polar surface area (TPSA) is 45.2 Å². The van der Waals surface area contributed by atoms with Crippen molar-refractivity contribution >= 4 is 28.6 Å². The maximum atomic E-state index is 12.1. The number of carbonyl (C=O) groups is 1. The predicted molar refractivity (Wildman–Crippen MR) is 107 cm³/mol. The smallest absolute Gasteiger partial charge is 0.224 e. The van der Waals surface area contributed by atoms with Gasteiger partial charge in [0.15, 0.2) is 0 Å². The first-order valence-electron chi connectivity index (χ1n) is 8.88. The quantitative estimate of drug-likeness (QED) is 0.736. The minimum atomic E-state index is 0.0179. The zero-order valence-corrected chi connectivity index (χ0v) is 15.3. The Morgan fingerprint density at radius 2 is 2.04 bits per heavy atom. The number of aromatic nitrogens is 1. The molecule has 0 bridgehead atoms. The van der Waals surface area contributed by atoms with E-state index in [4.69, 9.17) is 0 Å². The Morgan fingerprint density at radius 1 is 1.15 bits per heavy atom. The third-order valence-electron chi connectivity index (χ3n) is 4.66. The first-order chi connectivity index (χ1) is 12.8. The molecule has 1 aromatic carbocycles. The van der Waals surface area contributed by atoms with E-state index >= 15 is 0 Å². The van der Waals surface area contributed by atoms with Crippen LogP contribution in [0.1, 0.15) is 22.6 Å². The average Bonchev–Trinajstić information content (AvgIpc) is 3.16. The van der Waals surface area contributed by atoms with Gasteiger partial charge in [-0.05, 0) is 66.2 Å². The van der Waals surface area contributed by atoms with Gasteiger partial charge in [0.05, 0.1) is 0 Å². The molecule has 0 aliphatic carbocycles. The maximum Gasteiger partial charge on any atom is 0.224 e. The molecule has 0 fully saturated rings. The van der Waals surface area contributed by atoms with E-state index in [1.807, 2.05) is 41.7 Å². The van der Waals surface area contributed by atoms with E-state index in [-0.39, 0.29) is 5.91 Å². The number of amides is 1. The van der Waals surface area contributed by atoms with Crippen molar-refractivity contribution in [2.45, 2.75) is 25.8 Å². The fourth-order valence-electron chi connectivity index (χ4n) is 3.24. The van der Waals surface area contributed by atoms with Gasteiger partial charge in [0, 0.05) is 47.7 Å². The number of hydrogen-bond donors (Lipinski definition) is 1. The van der Waals surface area contributed by atoms with Crippen LogP contribution in [0.4, 0.5) is 11.4 Å². The van der Waals surface area contributed by atoms with Crippen molar-refractivity contribution < 1.29 is 4.79 Å². The van der Waals surface area contributed by atoms with Crippen molar-refractivity contribution in [2.24, 2.45) is 0 Å². The molecule has 1 aliphatic heterocycles. The van der Waals surface area contributed by atoms with Crippen LogP contribution in [0.25, 0.3) is 0 Å². The fraction of sp³-hybridized carbons (Fsp3) is 0.238. The van der Waals surface area contributed by atoms with E-state index in [9.17, 15) is 4.79 Å². The lowest BCUT2D eigenvalue weighted by molar-refractivity contribution is -0.116. The second kappa shape index (κ2) is 7.70. The Kier molecular flexibility index (Phi) is 4.97. The lowest BCUT2D eigenvalue weighted by atomic mass is 10.1. The van der Waals surface area contributed by atoms with E-state index in [2.05, 4.69) is 38.8 Å². The molecule has 0 saturated heterocycles. The summed E-state index contributed by atoms with van der Waals surface area (Å²) in [5.74, 6) is 0.0179. The van der Waals surface area contributed by atoms with Crippen molar-refractivity contribution in [3.63, 3.8) is 0 Å². The van der Waals surface area contributed by atoms with Crippen LogP contribution < -0.4 is 10.2 Å². The van der Waals surface area contributed by atoms with Crippen LogP contribution in [0.3, 0.4) is 0 Å². The van der Waals surface area contributed by atoms with Crippen molar-refractivity contribution in [1.82, 2.24) is 4.98 Å². The molecule has 0 radical (unpaired) electrons. The SMILES string of the molecule is O=C(CCc1ccccn1)Nc1ccc(N2CCc3sccc3C2)cc1. The third-order valence-corrected chi connectivity index (χ3v) is 5.68. The van der Waals surface area contributed by atoms with E-state index in [1.165, 1.54) is 16.1 Å². The number of nitrogens with zero attached hydrogens (tertiary/aromatic N) is 2. The Balaban J connectivity index is 1.32. The second-order valence-corrected chi connectivity index (χ2v) is 7.46. The molecule has 4 rings (SSSR count). The van der Waals surface area contributed by atoms with Gasteiger partial charge in [-0.2, -0.15) is 0 Å². The molecule has 3 aromatic rings. The zero-order chi connectivity index (χ0) is 17.8. The molecule has 1 amide bonds. The van der Waals surface area contributed by atoms with Crippen LogP contribution in [0.15, 0.2) is 60.1 Å². The van der Waals surface area contributed by atoms with Gasteiger partial charge in [0.25, 0.3) is 0 Å². The van der Waals surface area contributed by atoms with Gasteiger partial charge in [-0.15, -0.1) is 11.3 Å². The number of fused-ring (bicyclic) bond motifs is 1. The van der Waals surface area contributed by atoms with Gasteiger partial charge in [-0.1, -0.05) is 6.07 Å². The molecule has 132 valence electrons. The van der Waals surface area contributed by atoms with Gasteiger partial charge >= 0.3 is 0 Å². The van der Waals surface area contributed by atoms with E-state index in [0.29, 0.717) is 12.8 Å². The highest BCUT2D eigenvalue weighted by atomic mass is 32.1. The molecule has 1 aliphatic rings. The number of aryl methyl sites for hydroxylation is 1. The molecule has 2 aromatic heterocycles. The normalized spacial score (nSPS) is 13.3. The van der Waals surface area contributed by atoms with Gasteiger partial charge in [0.2, 0.25) is 5.91 Å². The average molecular weight is 363 g/mol. The van der Waals surface area contributed by atoms with Gasteiger partial charge in [0.1, 0.15) is 0 Å². The number of thiophene rings is 1. The van der Waals surface area contributed by atoms with E-state index in [1.54, 1.807) is 6.20 Å². The number of benzene rings is 1. The summed E-state index contributed by atoms with van der Waals surface area (Å²) in [5, 5.41) is 5.15. The first kappa shape index (κ1) is 16.8. The second-order valence-electron chi connectivity index (χ2n) is 6.46. The van der Waals surface area contributed by atoms with Crippen LogP contribution >= 0.6 is 11.3 Å². The number of nitrogens with one attached hydrogen (secondary N) is 1. The van der Waals surface area contributed by atoms with Gasteiger partial charge < -0.3 is 10.2 Å². The summed E-state index contributed by atoms with van der Waals surface area (Å²) < 4.78 is 0. The summed E-state index contributed by atoms with van der Waals surface area (Å²) in [4.78, 5) is 20.3. The van der Waals surface area contributed by atoms with Crippen LogP contribution in [-0.2, 0) is 24.2 Å². The highest BCUT2D eigenvalue weighted by Crippen LogP contribution is 2.28. The highest BCUT2D eigenvalue weighted by molar-refractivity contribution is 7.10. The van der Waals surface area contributed by atoms with Crippen LogP contribution in [0.5, 0.6) is 0 Å². The Hall–Kier alpha value is -2.66. The van der Waals surface area contributed by atoms with E-state index in [0.717, 1.165) is 30.9 Å². The number of hydrogen-bond acceptors (Lipinski definition) is 4. The van der Waals surface area contributed by atoms with Gasteiger partial charge in [-0.25, -0.2) is 0 Å². The summed E-state index contributed by atoms with van der Waals surface area (Å²) in [6.45, 7) is 2.01. The molecular formula is C21H21N3OS. The summed E-state index contributed by atoms with van der Waals surface area (Å²) >= 11 is 1.86. The minimum Gasteiger partial charge on any atom is -0.367 e. The van der Waals surface area contributed by atoms with Crippen molar-refractivity contribution in [2.75, 3.05) is 16.8 Å². The molecule has 3 heterocycles. The van der Waals surface area contributed by atoms with Crippen molar-refractivity contribution in [3.05, 3.63) is 76.2 Å². The molecule has 1 N–H and O–H groups in total. The highest BCUT2D eigenvalue weighted by Gasteiger charge is 2.17. The molecule has 26 heavy (non-hydrogen) atoms. The summed E-state index contributed by atoms with van der Waals surface area (Å²) in [6, 6.07) is 16.1. The third kappa shape index (κ3) is 3.94. The molecule has 5 heteroatoms. The molecule has 0 spiro atoms. The Morgan fingerprint density at radius 3 is 2.85 bits per heavy atom. The van der Waals surface area contributed by atoms with Crippen LogP contribution in [0, 0.1) is 0 Å². The zero-order valence-electron chi connectivity index (χ0n) is 14.5. The van der Waals surface area contributed by atoms with Crippen LogP contribution in [0.2, 0.25) is 0 Å². The number of rotatable bonds is 5. The molecule has 0 atom stereocenters. The monoisotopic (exact) mass is 363 g/mol. The lowest BCUT2D eigenvalue weighted by Crippen LogP contribution is -2.29. The van der Waals surface area contributed by atoms with Gasteiger partial charge in [-0.3, -0.25) is 9.78 Å². The summed E-state index contributed by atoms with van der Waals surface area (Å²) in [5.41, 5.74) is 4.42. The number of pyridine rings is 1. The lowest BCUT2D eigenvalue weighted by Gasteiger charge is -2.29. The Bertz CT molecular complexity index is 874. The summed E-state index contributed by atoms with van der Waals surface area (Å²) in [7, 11) is 0. The molecule has 0 unspecified atom stereocenters. The van der Waals surface area contributed by atoms with Crippen molar-refractivity contribution in [1.29, 1.82) is 0 Å². The fourth-order valence-corrected chi connectivity index (χ4v) is 4.13. The van der Waals surface area contributed by atoms with E-state index < -0.39 is 0 Å². The number of anilines is 2. The number of carbonyl (C=O) groups excluding carboxylic acids is 1. The summed E-state index contributed by atoms with van der Waals surface area (Å²) in [6.07, 6.45) is 3.96. The maximum absolute atomic E-state index is 12.1. The molecule has 4 nitrogen and oxygen atoms in total. The van der Waals surface area contributed by atoms with Crippen LogP contribution in [-0.4, -0.2) is 17.4 Å². The van der Waals surface area contributed by atoms with Crippen molar-refractivity contribution in [3.8, 4) is 0 Å². The predicted octanol–water partition coefficient (Wildman–Crippen LogP) is 4.28. The minimum absolute atomic E-state index is 0.0179. The molecular weight excluding hydrogens is 342 g/mol.